The van der Waals surface area contributed by atoms with Crippen LogP contribution < -0.4 is 14.4 Å². The Labute approximate surface area is 177 Å². The van der Waals surface area contributed by atoms with Crippen molar-refractivity contribution in [3.8, 4) is 11.5 Å². The topological polar surface area (TPSA) is 21.7 Å². The van der Waals surface area contributed by atoms with Crippen LogP contribution >= 0.6 is 0 Å². The molecule has 2 aromatic carbocycles. The van der Waals surface area contributed by atoms with E-state index in [0.717, 1.165) is 37.2 Å². The molecule has 0 radical (unpaired) electrons. The van der Waals surface area contributed by atoms with E-state index in [-0.39, 0.29) is 5.54 Å². The third-order valence-electron chi connectivity index (χ3n) is 6.71. The number of fused-ring (bicyclic) bond motifs is 1. The number of unbranched alkanes of at least 4 members (excludes halogenated alkanes) is 1. The van der Waals surface area contributed by atoms with Gasteiger partial charge in [0.25, 0.3) is 0 Å². The van der Waals surface area contributed by atoms with Gasteiger partial charge < -0.3 is 14.4 Å². The highest BCUT2D eigenvalue weighted by molar-refractivity contribution is 5.79. The molecule has 0 aromatic heterocycles. The average molecular weight is 396 g/mol. The summed E-state index contributed by atoms with van der Waals surface area (Å²) in [6, 6.07) is 13.4. The van der Waals surface area contributed by atoms with Crippen molar-refractivity contribution in [1.82, 2.24) is 0 Å². The number of methoxy groups -OCH3 is 2. The fourth-order valence-electron chi connectivity index (χ4n) is 4.79. The molecule has 0 bridgehead atoms. The summed E-state index contributed by atoms with van der Waals surface area (Å²) < 4.78 is 11.6. The Morgan fingerprint density at radius 1 is 1.00 bits per heavy atom. The van der Waals surface area contributed by atoms with Gasteiger partial charge in [-0.2, -0.15) is 0 Å². The molecule has 2 aromatic rings. The van der Waals surface area contributed by atoms with Crippen LogP contribution in [0.4, 0.5) is 11.4 Å². The van der Waals surface area contributed by atoms with E-state index in [4.69, 9.17) is 9.47 Å². The monoisotopic (exact) mass is 395 g/mol. The van der Waals surface area contributed by atoms with Crippen LogP contribution in [0.15, 0.2) is 36.4 Å². The molecular formula is C26H37NO2. The maximum atomic E-state index is 5.93. The summed E-state index contributed by atoms with van der Waals surface area (Å²) >= 11 is 0. The highest BCUT2D eigenvalue weighted by Gasteiger charge is 2.42. The Morgan fingerprint density at radius 3 is 2.28 bits per heavy atom. The van der Waals surface area contributed by atoms with Crippen molar-refractivity contribution in [3.05, 3.63) is 47.5 Å². The first-order valence-electron chi connectivity index (χ1n) is 11.2. The van der Waals surface area contributed by atoms with Crippen molar-refractivity contribution in [2.24, 2.45) is 0 Å². The lowest BCUT2D eigenvalue weighted by molar-refractivity contribution is 0.327. The minimum atomic E-state index is 0.0260. The summed E-state index contributed by atoms with van der Waals surface area (Å²) in [4.78, 5) is 2.51. The van der Waals surface area contributed by atoms with E-state index in [9.17, 15) is 0 Å². The molecule has 2 atom stereocenters. The number of hydrogen-bond donors (Lipinski definition) is 0. The molecule has 0 fully saturated rings. The maximum Gasteiger partial charge on any atom is 0.184 e. The van der Waals surface area contributed by atoms with Crippen molar-refractivity contribution in [2.45, 2.75) is 77.7 Å². The Hall–Kier alpha value is -2.16. The minimum absolute atomic E-state index is 0.0260. The van der Waals surface area contributed by atoms with Crippen LogP contribution in [0.25, 0.3) is 0 Å². The summed E-state index contributed by atoms with van der Waals surface area (Å²) in [6.45, 7) is 9.23. The van der Waals surface area contributed by atoms with Gasteiger partial charge in [0.05, 0.1) is 19.9 Å². The third-order valence-corrected chi connectivity index (χ3v) is 6.71. The van der Waals surface area contributed by atoms with Gasteiger partial charge >= 0.3 is 0 Å². The van der Waals surface area contributed by atoms with Crippen molar-refractivity contribution >= 4 is 11.4 Å². The van der Waals surface area contributed by atoms with Gasteiger partial charge in [0.15, 0.2) is 11.5 Å². The van der Waals surface area contributed by atoms with Crippen molar-refractivity contribution in [3.63, 3.8) is 0 Å². The number of nitrogens with zero attached hydrogens (tertiary/aromatic N) is 1. The SMILES string of the molecule is CCCCc1ccc(N2c3c(ccc(OC)c3OC)C(CC)CC2(C)CC)cc1. The second kappa shape index (κ2) is 9.11. The number of ether oxygens (including phenoxy) is 2. The summed E-state index contributed by atoms with van der Waals surface area (Å²) in [5, 5.41) is 0. The average Bonchev–Trinajstić information content (AvgIpc) is 2.76. The fourth-order valence-corrected chi connectivity index (χ4v) is 4.79. The lowest BCUT2D eigenvalue weighted by atomic mass is 9.75. The maximum absolute atomic E-state index is 5.93. The molecule has 0 saturated heterocycles. The number of anilines is 2. The molecule has 29 heavy (non-hydrogen) atoms. The molecule has 3 nitrogen and oxygen atoms in total. The van der Waals surface area contributed by atoms with E-state index in [1.165, 1.54) is 35.3 Å². The van der Waals surface area contributed by atoms with E-state index < -0.39 is 0 Å². The lowest BCUT2D eigenvalue weighted by Gasteiger charge is -2.50. The lowest BCUT2D eigenvalue weighted by Crippen LogP contribution is -2.47. The summed E-state index contributed by atoms with van der Waals surface area (Å²) in [7, 11) is 3.47. The molecule has 3 rings (SSSR count). The van der Waals surface area contributed by atoms with E-state index in [2.05, 4.69) is 69.0 Å². The predicted octanol–water partition coefficient (Wildman–Crippen LogP) is 7.25. The second-order valence-corrected chi connectivity index (χ2v) is 8.50. The molecule has 1 heterocycles. The molecule has 0 saturated carbocycles. The zero-order valence-corrected chi connectivity index (χ0v) is 19.0. The number of rotatable bonds is 8. The normalized spacial score (nSPS) is 21.0. The van der Waals surface area contributed by atoms with E-state index >= 15 is 0 Å². The molecular weight excluding hydrogens is 358 g/mol. The van der Waals surface area contributed by atoms with Crippen LogP contribution in [-0.4, -0.2) is 19.8 Å². The highest BCUT2D eigenvalue weighted by atomic mass is 16.5. The quantitative estimate of drug-likeness (QED) is 0.470. The Balaban J connectivity index is 2.18. The molecule has 158 valence electrons. The number of aryl methyl sites for hydroxylation is 1. The predicted molar refractivity (Wildman–Crippen MR) is 123 cm³/mol. The van der Waals surface area contributed by atoms with Gasteiger partial charge in [0, 0.05) is 11.2 Å². The van der Waals surface area contributed by atoms with Crippen molar-refractivity contribution < 1.29 is 9.47 Å². The molecule has 0 N–H and O–H groups in total. The van der Waals surface area contributed by atoms with Gasteiger partial charge in [-0.05, 0) is 74.3 Å². The molecule has 0 aliphatic carbocycles. The Kier molecular flexibility index (Phi) is 6.77. The van der Waals surface area contributed by atoms with Crippen LogP contribution in [0.5, 0.6) is 11.5 Å². The third kappa shape index (κ3) is 3.97. The second-order valence-electron chi connectivity index (χ2n) is 8.50. The molecule has 3 heteroatoms. The zero-order chi connectivity index (χ0) is 21.0. The first-order chi connectivity index (χ1) is 14.0. The van der Waals surface area contributed by atoms with Crippen LogP contribution in [0.2, 0.25) is 0 Å². The smallest absolute Gasteiger partial charge is 0.184 e. The number of benzene rings is 2. The van der Waals surface area contributed by atoms with E-state index in [1.807, 2.05) is 0 Å². The Morgan fingerprint density at radius 2 is 1.72 bits per heavy atom. The van der Waals surface area contributed by atoms with Gasteiger partial charge in [-0.1, -0.05) is 45.4 Å². The van der Waals surface area contributed by atoms with Gasteiger partial charge in [-0.25, -0.2) is 0 Å². The van der Waals surface area contributed by atoms with Crippen LogP contribution in [0.1, 0.15) is 76.8 Å². The van der Waals surface area contributed by atoms with Crippen LogP contribution in [0.3, 0.4) is 0 Å². The molecule has 0 spiro atoms. The number of hydrogen-bond acceptors (Lipinski definition) is 3. The fraction of sp³-hybridized carbons (Fsp3) is 0.538. The summed E-state index contributed by atoms with van der Waals surface area (Å²) in [6.07, 6.45) is 6.95. The van der Waals surface area contributed by atoms with Gasteiger partial charge in [0.2, 0.25) is 0 Å². The molecule has 1 aliphatic rings. The standard InChI is InChI=1S/C26H37NO2/c1-7-10-11-19-12-14-21(15-13-19)27-24-22(16-17-23(28-5)25(24)29-6)20(8-2)18-26(27,4)9-3/h12-17,20H,7-11,18H2,1-6H3. The summed E-state index contributed by atoms with van der Waals surface area (Å²) in [5.74, 6) is 2.17. The van der Waals surface area contributed by atoms with Gasteiger partial charge in [-0.3, -0.25) is 0 Å². The highest BCUT2D eigenvalue weighted by Crippen LogP contribution is 2.55. The van der Waals surface area contributed by atoms with Crippen LogP contribution in [-0.2, 0) is 6.42 Å². The first-order valence-corrected chi connectivity index (χ1v) is 11.2. The molecule has 1 aliphatic heterocycles. The summed E-state index contributed by atoms with van der Waals surface area (Å²) in [5.41, 5.74) is 5.21. The largest absolute Gasteiger partial charge is 0.493 e. The van der Waals surface area contributed by atoms with Gasteiger partial charge in [0.1, 0.15) is 0 Å². The zero-order valence-electron chi connectivity index (χ0n) is 19.0. The van der Waals surface area contributed by atoms with E-state index in [1.54, 1.807) is 14.2 Å². The first kappa shape index (κ1) is 21.5. The van der Waals surface area contributed by atoms with Crippen molar-refractivity contribution in [1.29, 1.82) is 0 Å². The van der Waals surface area contributed by atoms with Crippen molar-refractivity contribution in [2.75, 3.05) is 19.1 Å². The van der Waals surface area contributed by atoms with E-state index in [0.29, 0.717) is 5.92 Å². The molecule has 2 unspecified atom stereocenters. The Bertz CT molecular complexity index is 814. The minimum Gasteiger partial charge on any atom is -0.493 e. The van der Waals surface area contributed by atoms with Gasteiger partial charge in [-0.15, -0.1) is 0 Å². The molecule has 0 amide bonds. The van der Waals surface area contributed by atoms with Crippen LogP contribution in [0, 0.1) is 0 Å².